The van der Waals surface area contributed by atoms with E-state index in [0.717, 1.165) is 0 Å². The highest BCUT2D eigenvalue weighted by molar-refractivity contribution is 8.04. The van der Waals surface area contributed by atoms with Crippen LogP contribution in [-0.4, -0.2) is 36.6 Å². The van der Waals surface area contributed by atoms with Crippen LogP contribution in [0.2, 0.25) is 0 Å². The highest BCUT2D eigenvalue weighted by Crippen LogP contribution is 2.13. The highest BCUT2D eigenvalue weighted by atomic mass is 32.2. The van der Waals surface area contributed by atoms with Gasteiger partial charge in [-0.1, -0.05) is 18.2 Å². The molecule has 122 valence electrons. The maximum Gasteiger partial charge on any atom is 0.440 e. The number of aliphatic carboxylic acids is 1. The Morgan fingerprint density at radius 1 is 1.18 bits per heavy atom. The molecule has 0 saturated carbocycles. The Labute approximate surface area is 128 Å². The van der Waals surface area contributed by atoms with Gasteiger partial charge in [0.05, 0.1) is 0 Å². The van der Waals surface area contributed by atoms with Gasteiger partial charge < -0.3 is 14.6 Å². The minimum absolute atomic E-state index is 0.127. The first-order chi connectivity index (χ1) is 10.0. The van der Waals surface area contributed by atoms with E-state index >= 15 is 0 Å². The minimum Gasteiger partial charge on any atom is -0.477 e. The quantitative estimate of drug-likeness (QED) is 0.617. The number of carbonyl (C=O) groups is 2. The topological polar surface area (TPSA) is 119 Å². The summed E-state index contributed by atoms with van der Waals surface area (Å²) >= 11 is 0. The monoisotopic (exact) mass is 331 g/mol. The number of sulfonamides is 1. The van der Waals surface area contributed by atoms with Crippen molar-refractivity contribution in [1.29, 1.82) is 0 Å². The zero-order valence-electron chi connectivity index (χ0n) is 12.3. The number of hydrogen-bond donors (Lipinski definition) is 2. The second-order valence-corrected chi connectivity index (χ2v) is 6.81. The first-order valence-corrected chi connectivity index (χ1v) is 7.69. The number of carboxylic acids is 1. The fraction of sp³-hybridized carbons (Fsp3) is 0.385. The zero-order chi connectivity index (χ0) is 17.0. The largest absolute Gasteiger partial charge is 0.477 e. The van der Waals surface area contributed by atoms with Crippen LogP contribution in [-0.2, 0) is 19.6 Å². The molecular formula is C13H17NO7S. The number of carbonyl (C=O) groups excluding carboxylic acids is 1. The van der Waals surface area contributed by atoms with Crippen LogP contribution in [0.3, 0.4) is 0 Å². The molecule has 0 spiro atoms. The third-order valence-electron chi connectivity index (χ3n) is 2.09. The van der Waals surface area contributed by atoms with Crippen LogP contribution in [0.5, 0.6) is 5.75 Å². The summed E-state index contributed by atoms with van der Waals surface area (Å²) in [5.41, 5.74) is -1.04. The Kier molecular flexibility index (Phi) is 5.50. The molecule has 0 amide bonds. The van der Waals surface area contributed by atoms with Gasteiger partial charge in [-0.3, -0.25) is 0 Å². The van der Waals surface area contributed by atoms with Crippen molar-refractivity contribution in [3.05, 3.63) is 30.3 Å². The normalized spacial score (nSPS) is 13.2. The smallest absolute Gasteiger partial charge is 0.440 e. The first kappa shape index (κ1) is 17.9. The van der Waals surface area contributed by atoms with E-state index in [2.05, 4.69) is 0 Å². The van der Waals surface area contributed by atoms with Gasteiger partial charge in [-0.25, -0.2) is 9.59 Å². The van der Waals surface area contributed by atoms with Crippen molar-refractivity contribution in [2.24, 2.45) is 0 Å². The highest BCUT2D eigenvalue weighted by Gasteiger charge is 2.34. The van der Waals surface area contributed by atoms with Crippen molar-refractivity contribution < 1.29 is 32.6 Å². The van der Waals surface area contributed by atoms with Gasteiger partial charge in [-0.2, -0.15) is 13.1 Å². The maximum absolute atomic E-state index is 11.8. The third-order valence-corrected chi connectivity index (χ3v) is 3.14. The fourth-order valence-electron chi connectivity index (χ4n) is 1.25. The van der Waals surface area contributed by atoms with Crippen LogP contribution in [0.1, 0.15) is 20.8 Å². The maximum atomic E-state index is 11.8. The second-order valence-electron chi connectivity index (χ2n) is 5.23. The first-order valence-electron chi connectivity index (χ1n) is 6.21. The molecule has 0 aliphatic rings. The molecule has 0 bridgehead atoms. The van der Waals surface area contributed by atoms with Crippen LogP contribution in [0.4, 0.5) is 4.79 Å². The molecule has 0 fully saturated rings. The standard InChI is InChI=1S/C13H17NO7S/c1-13(2,3)21-12(17)22(18,19)14-10(11(15)16)20-9-7-5-4-6-8-9/h4-8,10,14H,1-3H3,(H,15,16). The van der Waals surface area contributed by atoms with Gasteiger partial charge in [0.25, 0.3) is 6.23 Å². The molecule has 9 heteroatoms. The molecule has 22 heavy (non-hydrogen) atoms. The molecule has 1 rings (SSSR count). The van der Waals surface area contributed by atoms with Crippen LogP contribution >= 0.6 is 0 Å². The number of benzene rings is 1. The Bertz CT molecular complexity index is 634. The molecule has 0 saturated heterocycles. The lowest BCUT2D eigenvalue weighted by atomic mass is 10.2. The molecule has 8 nitrogen and oxygen atoms in total. The SMILES string of the molecule is CC(C)(C)OC(=O)S(=O)(=O)NC(Oc1ccccc1)C(=O)O. The van der Waals surface area contributed by atoms with Crippen LogP contribution in [0.25, 0.3) is 0 Å². The van der Waals surface area contributed by atoms with Gasteiger partial charge >= 0.3 is 21.3 Å². The van der Waals surface area contributed by atoms with Crippen molar-refractivity contribution in [3.63, 3.8) is 0 Å². The van der Waals surface area contributed by atoms with Gasteiger partial charge in [0, 0.05) is 0 Å². The summed E-state index contributed by atoms with van der Waals surface area (Å²) in [6, 6.07) is 7.72. The number of ether oxygens (including phenoxy) is 2. The van der Waals surface area contributed by atoms with Crippen LogP contribution in [0.15, 0.2) is 30.3 Å². The summed E-state index contributed by atoms with van der Waals surface area (Å²) < 4.78 is 34.9. The summed E-state index contributed by atoms with van der Waals surface area (Å²) in [7, 11) is -4.67. The predicted octanol–water partition coefficient (Wildman–Crippen LogP) is 1.33. The van der Waals surface area contributed by atoms with Crippen LogP contribution in [0, 0.1) is 0 Å². The average Bonchev–Trinajstić information content (AvgIpc) is 2.36. The van der Waals surface area contributed by atoms with E-state index in [9.17, 15) is 18.0 Å². The molecule has 0 aliphatic carbocycles. The lowest BCUT2D eigenvalue weighted by Crippen LogP contribution is -2.48. The van der Waals surface area contributed by atoms with E-state index < -0.39 is 33.1 Å². The third kappa shape index (κ3) is 5.70. The van der Waals surface area contributed by atoms with Crippen molar-refractivity contribution in [2.45, 2.75) is 32.6 Å². The van der Waals surface area contributed by atoms with E-state index in [4.69, 9.17) is 14.6 Å². The molecule has 2 N–H and O–H groups in total. The zero-order valence-corrected chi connectivity index (χ0v) is 13.1. The lowest BCUT2D eigenvalue weighted by molar-refractivity contribution is -0.145. The molecule has 0 aliphatic heterocycles. The van der Waals surface area contributed by atoms with Gasteiger partial charge in [0.1, 0.15) is 11.4 Å². The van der Waals surface area contributed by atoms with Gasteiger partial charge in [0.2, 0.25) is 0 Å². The molecular weight excluding hydrogens is 314 g/mol. The van der Waals surface area contributed by atoms with Crippen molar-refractivity contribution in [1.82, 2.24) is 4.72 Å². The Hall–Kier alpha value is -2.13. The van der Waals surface area contributed by atoms with Gasteiger partial charge in [-0.05, 0) is 32.9 Å². The molecule has 0 heterocycles. The lowest BCUT2D eigenvalue weighted by Gasteiger charge is -2.21. The van der Waals surface area contributed by atoms with E-state index in [1.807, 2.05) is 0 Å². The average molecular weight is 331 g/mol. The van der Waals surface area contributed by atoms with Crippen molar-refractivity contribution in [3.8, 4) is 5.75 Å². The van der Waals surface area contributed by atoms with E-state index in [1.54, 1.807) is 22.9 Å². The van der Waals surface area contributed by atoms with Crippen LogP contribution < -0.4 is 9.46 Å². The molecule has 0 radical (unpaired) electrons. The van der Waals surface area contributed by atoms with E-state index in [1.165, 1.54) is 32.9 Å². The number of rotatable bonds is 5. The van der Waals surface area contributed by atoms with Gasteiger partial charge in [-0.15, -0.1) is 0 Å². The number of hydrogen-bond acceptors (Lipinski definition) is 6. The van der Waals surface area contributed by atoms with Gasteiger partial charge in [0.15, 0.2) is 0 Å². The summed E-state index contributed by atoms with van der Waals surface area (Å²) in [6.45, 7) is 4.45. The Morgan fingerprint density at radius 2 is 1.73 bits per heavy atom. The summed E-state index contributed by atoms with van der Waals surface area (Å²) in [6.07, 6.45) is -1.96. The number of carboxylic acid groups (broad SMARTS) is 1. The molecule has 1 aromatic rings. The molecule has 1 atom stereocenters. The summed E-state index contributed by atoms with van der Waals surface area (Å²) in [4.78, 5) is 22.7. The molecule has 1 unspecified atom stereocenters. The Morgan fingerprint density at radius 3 is 2.18 bits per heavy atom. The predicted molar refractivity (Wildman–Crippen MR) is 76.8 cm³/mol. The Balaban J connectivity index is 2.86. The van der Waals surface area contributed by atoms with Crippen molar-refractivity contribution in [2.75, 3.05) is 0 Å². The fourth-order valence-corrected chi connectivity index (χ4v) is 2.14. The summed E-state index contributed by atoms with van der Waals surface area (Å²) in [5.74, 6) is -1.47. The second kappa shape index (κ2) is 6.75. The van der Waals surface area contributed by atoms with E-state index in [0.29, 0.717) is 0 Å². The molecule has 0 aromatic heterocycles. The van der Waals surface area contributed by atoms with E-state index in [-0.39, 0.29) is 5.75 Å². The number of nitrogens with one attached hydrogen (secondary N) is 1. The van der Waals surface area contributed by atoms with Crippen molar-refractivity contribution >= 4 is 21.3 Å². The minimum atomic E-state index is -4.67. The number of para-hydroxylation sites is 1. The summed E-state index contributed by atoms with van der Waals surface area (Å²) in [5, 5.41) is 7.43. The molecule has 1 aromatic carbocycles.